The molecular formula is C70H98F2N16O11S2. The Balaban J connectivity index is 0.963. The largest absolute Gasteiger partial charge is 0.481 e. The Morgan fingerprint density at radius 1 is 0.693 bits per heavy atom. The average molecular weight is 1440 g/mol. The fraction of sp³-hybridized carbons (Fsp3) is 0.629. The van der Waals surface area contributed by atoms with Crippen LogP contribution in [0, 0.1) is 23.7 Å². The van der Waals surface area contributed by atoms with Crippen molar-refractivity contribution < 1.29 is 61.8 Å². The maximum Gasteiger partial charge on any atom is 0.305 e. The number of carboxylic acid groups (broad SMARTS) is 1. The summed E-state index contributed by atoms with van der Waals surface area (Å²) >= 11 is 3.16. The first-order valence-corrected chi connectivity index (χ1v) is 37.9. The third-order valence-corrected chi connectivity index (χ3v) is 23.1. The van der Waals surface area contributed by atoms with Crippen LogP contribution in [0.1, 0.15) is 133 Å². The summed E-state index contributed by atoms with van der Waals surface area (Å²) in [7, 11) is 0. The van der Waals surface area contributed by atoms with Gasteiger partial charge in [0.1, 0.15) is 60.2 Å². The van der Waals surface area contributed by atoms with Crippen LogP contribution >= 0.6 is 23.5 Å². The maximum absolute atomic E-state index is 15.3. The van der Waals surface area contributed by atoms with Crippen LogP contribution in [0.3, 0.4) is 0 Å². The van der Waals surface area contributed by atoms with Gasteiger partial charge in [-0.1, -0.05) is 24.3 Å². The summed E-state index contributed by atoms with van der Waals surface area (Å²) in [6.45, 7) is 4.59. The summed E-state index contributed by atoms with van der Waals surface area (Å²) in [6.07, 6.45) is 8.03. The lowest BCUT2D eigenvalue weighted by Gasteiger charge is -2.36. The Labute approximate surface area is 594 Å². The Hall–Kier alpha value is -7.74. The third-order valence-electron chi connectivity index (χ3n) is 21.0. The van der Waals surface area contributed by atoms with Crippen molar-refractivity contribution in [1.29, 1.82) is 0 Å². The lowest BCUT2D eigenvalue weighted by atomic mass is 9.76. The van der Waals surface area contributed by atoms with Gasteiger partial charge in [0.15, 0.2) is 0 Å². The maximum atomic E-state index is 15.3. The van der Waals surface area contributed by atoms with Crippen molar-refractivity contribution in [1.82, 2.24) is 78.0 Å². The van der Waals surface area contributed by atoms with Crippen molar-refractivity contribution in [3.05, 3.63) is 83.8 Å². The molecule has 10 rings (SSSR count). The molecule has 1 aromatic carbocycles. The summed E-state index contributed by atoms with van der Waals surface area (Å²) in [4.78, 5) is 162. The molecule has 2 aliphatic carbocycles. The van der Waals surface area contributed by atoms with Gasteiger partial charge >= 0.3 is 5.97 Å². The number of nitrogens with two attached hydrogens (primary N) is 1. The van der Waals surface area contributed by atoms with Gasteiger partial charge in [-0.2, -0.15) is 23.5 Å². The number of benzene rings is 1. The molecule has 31 heteroatoms. The van der Waals surface area contributed by atoms with Gasteiger partial charge in [0.05, 0.1) is 24.5 Å². The molecule has 3 aromatic heterocycles. The minimum Gasteiger partial charge on any atom is -0.481 e. The van der Waals surface area contributed by atoms with E-state index >= 15 is 28.0 Å². The molecule has 0 radical (unpaired) electrons. The number of carbonyl (C=O) groups is 10. The number of amides is 9. The zero-order chi connectivity index (χ0) is 71.7. The number of alkyl halides is 2. The van der Waals surface area contributed by atoms with Crippen molar-refractivity contribution in [2.45, 2.75) is 207 Å². The molecule has 8 unspecified atom stereocenters. The molecular weight excluding hydrogens is 1340 g/mol. The molecule has 27 nitrogen and oxygen atoms in total. The number of aromatic amines is 2. The molecule has 4 aliphatic heterocycles. The molecule has 4 aromatic rings. The number of thioether (sulfide) groups is 2. The summed E-state index contributed by atoms with van der Waals surface area (Å²) in [5, 5.41) is 40.5. The predicted octanol–water partition coefficient (Wildman–Crippen LogP) is 2.39. The standard InChI is InChI=1S/C70H98F2N16O11S2/c1-39-62(92)83-54(24-43-32-77-51-12-10-45(71)27-49(43)51)64(94)84-55(25-44-33-78-52-13-11-46(72)28-50(44)52)65(95)86-57(30-61(90)91)67(97)85-56(29-47-34-75-38-80-47)66(96)87-58(26-42-31-79-59-35-74-18-14-48(42)59)68(98)88-20-6-16-70(88,2)69(99)76-19-22-101-37-41-8-5-7-40(23-41)36-100-21-15-60(89)82-53(63(93)81-39)9-3-4-17-73/h5,7-8,14,18,23,31,34-35,38-39,43-46,49-58,77-79H,3-4,6,9-13,15-17,19-22,24-30,32-33,36-37,73H2,1-2H3,(H,75,80)(H,76,99)(H,81,93)(H,82,89)(H,83,92)(H,84,94)(H,85,97)(H,86,95)(H,87,96)(H,90,91)/t39-,43?,44?,45?,46?,49?,50?,51?,52?,53+,54+,55+,56+,57+,58+,70+/m1/s1. The van der Waals surface area contributed by atoms with Gasteiger partial charge in [-0.05, 0) is 163 Å². The molecule has 9 amide bonds. The number of fused-ring (bicyclic) bond motifs is 6. The van der Waals surface area contributed by atoms with Crippen molar-refractivity contribution in [3.63, 3.8) is 0 Å². The van der Waals surface area contributed by atoms with Gasteiger partial charge in [0, 0.05) is 97.1 Å². The number of unbranched alkanes of at least 4 members (excludes halogenated alkanes) is 1. The van der Waals surface area contributed by atoms with E-state index in [1.165, 1.54) is 24.3 Å². The highest BCUT2D eigenvalue weighted by Gasteiger charge is 2.49. The van der Waals surface area contributed by atoms with Crippen LogP contribution in [-0.4, -0.2) is 206 Å². The van der Waals surface area contributed by atoms with Crippen LogP contribution < -0.4 is 58.9 Å². The molecule has 2 saturated carbocycles. The number of aromatic nitrogens is 4. The number of carbonyl (C=O) groups excluding carboxylic acids is 9. The summed E-state index contributed by atoms with van der Waals surface area (Å²) in [5.74, 6) is -7.34. The number of pyridine rings is 1. The molecule has 7 heterocycles. The Morgan fingerprint density at radius 3 is 1.96 bits per heavy atom. The quantitative estimate of drug-likeness (QED) is 0.0806. The number of nitrogens with zero attached hydrogens (tertiary/aromatic N) is 3. The Morgan fingerprint density at radius 2 is 1.31 bits per heavy atom. The number of carboxylic acids is 1. The van der Waals surface area contributed by atoms with E-state index in [9.17, 15) is 33.9 Å². The number of halogens is 2. The van der Waals surface area contributed by atoms with E-state index < -0.39 is 120 Å². The fourth-order valence-corrected chi connectivity index (χ4v) is 17.2. The van der Waals surface area contributed by atoms with E-state index in [0.29, 0.717) is 116 Å². The second-order valence-electron chi connectivity index (χ2n) is 28.2. The van der Waals surface area contributed by atoms with Gasteiger partial charge < -0.3 is 78.9 Å². The zero-order valence-electron chi connectivity index (χ0n) is 57.3. The zero-order valence-corrected chi connectivity index (χ0v) is 59.0. The first-order chi connectivity index (χ1) is 48.6. The van der Waals surface area contributed by atoms with E-state index in [2.05, 4.69) is 79.2 Å². The molecule has 16 atom stereocenters. The number of hydrogen-bond donors (Lipinski definition) is 14. The number of hydrogen-bond acceptors (Lipinski definition) is 17. The number of H-pyrrole nitrogens is 2. The first kappa shape index (κ1) is 75.9. The van der Waals surface area contributed by atoms with Gasteiger partial charge in [0.25, 0.3) is 0 Å². The van der Waals surface area contributed by atoms with E-state index in [1.807, 2.05) is 18.2 Å². The van der Waals surface area contributed by atoms with Crippen LogP contribution in [0.25, 0.3) is 10.9 Å². The highest BCUT2D eigenvalue weighted by molar-refractivity contribution is 7.98. The molecule has 550 valence electrons. The summed E-state index contributed by atoms with van der Waals surface area (Å²) < 4.78 is 30.5. The minimum absolute atomic E-state index is 0.0464. The number of rotatable bonds is 14. The first-order valence-electron chi connectivity index (χ1n) is 35.6. The predicted molar refractivity (Wildman–Crippen MR) is 376 cm³/mol. The normalized spacial score (nSPS) is 31.6. The molecule has 101 heavy (non-hydrogen) atoms. The Kier molecular flexibility index (Phi) is 27.0. The second kappa shape index (κ2) is 35.9. The highest BCUT2D eigenvalue weighted by Crippen LogP contribution is 2.40. The number of nitrogens with one attached hydrogen (secondary N) is 12. The fourth-order valence-electron chi connectivity index (χ4n) is 15.5. The SMILES string of the molecule is C[C@H]1NC(=O)[C@H](CCCCN)NC(=O)CCSCc2cccc(c2)CSCCNC(=O)[C@]2(C)CCCN2C(=O)[C@H](Cc2c[nH]c3cnccc23)NC(=O)[C@H](Cc2cnc[nH]2)NC(=O)[C@H](CC(=O)O)NC(=O)[C@H](CC2CNC3CCC(F)CC23)NC(=O)[C@H](CC2CNC3CCC(F)CC23)NC1=O. The molecule has 2 bridgehead atoms. The Bertz CT molecular complexity index is 3560. The lowest BCUT2D eigenvalue weighted by Crippen LogP contribution is -2.62. The lowest BCUT2D eigenvalue weighted by molar-refractivity contribution is -0.146. The summed E-state index contributed by atoms with van der Waals surface area (Å²) in [6, 6.07) is -0.561. The van der Waals surface area contributed by atoms with Crippen molar-refractivity contribution in [3.8, 4) is 0 Å². The number of aliphatic carboxylic acids is 1. The number of imidazole rings is 1. The monoisotopic (exact) mass is 1440 g/mol. The topological polar surface area (TPSA) is 398 Å². The van der Waals surface area contributed by atoms with Crippen LogP contribution in [0.5, 0.6) is 0 Å². The van der Waals surface area contributed by atoms with E-state index in [4.69, 9.17) is 5.73 Å². The average Bonchev–Trinajstić information content (AvgIpc) is 1.66. The summed E-state index contributed by atoms with van der Waals surface area (Å²) in [5.41, 5.74) is 8.20. The van der Waals surface area contributed by atoms with Crippen molar-refractivity contribution in [2.24, 2.45) is 29.4 Å². The van der Waals surface area contributed by atoms with Gasteiger partial charge in [-0.25, -0.2) is 13.8 Å². The molecule has 5 fully saturated rings. The third kappa shape index (κ3) is 20.3. The molecule has 0 spiro atoms. The molecule has 6 aliphatic rings. The van der Waals surface area contributed by atoms with Crippen LogP contribution in [-0.2, 0) is 72.3 Å². The molecule has 15 N–H and O–H groups in total. The van der Waals surface area contributed by atoms with Crippen LogP contribution in [0.2, 0.25) is 0 Å². The second-order valence-corrected chi connectivity index (χ2v) is 30.4. The van der Waals surface area contributed by atoms with Crippen LogP contribution in [0.15, 0.2) is 61.4 Å². The van der Waals surface area contributed by atoms with E-state index in [0.717, 1.165) is 11.1 Å². The van der Waals surface area contributed by atoms with Crippen molar-refractivity contribution in [2.75, 3.05) is 44.2 Å². The van der Waals surface area contributed by atoms with Crippen LogP contribution in [0.4, 0.5) is 8.78 Å². The van der Waals surface area contributed by atoms with E-state index in [1.54, 1.807) is 55.1 Å². The smallest absolute Gasteiger partial charge is 0.305 e. The van der Waals surface area contributed by atoms with Crippen molar-refractivity contribution >= 4 is 93.6 Å². The van der Waals surface area contributed by atoms with E-state index in [-0.39, 0.29) is 106 Å². The highest BCUT2D eigenvalue weighted by atomic mass is 32.2. The van der Waals surface area contributed by atoms with Gasteiger partial charge in [-0.15, -0.1) is 0 Å². The van der Waals surface area contributed by atoms with Gasteiger partial charge in [-0.3, -0.25) is 52.9 Å². The minimum atomic E-state index is -1.92. The molecule has 3 saturated heterocycles. The van der Waals surface area contributed by atoms with Gasteiger partial charge in [0.2, 0.25) is 53.2 Å².